The average Bonchev–Trinajstić information content (AvgIpc) is 2.18. The predicted octanol–water partition coefficient (Wildman–Crippen LogP) is 2.20. The normalized spacial score (nSPS) is 19.8. The van der Waals surface area contributed by atoms with E-state index in [0.717, 1.165) is 19.6 Å². The summed E-state index contributed by atoms with van der Waals surface area (Å²) in [5, 5.41) is 10.2. The van der Waals surface area contributed by atoms with Crippen molar-refractivity contribution < 1.29 is 5.11 Å². The molecule has 1 aromatic carbocycles. The van der Waals surface area contributed by atoms with E-state index < -0.39 is 5.60 Å². The summed E-state index contributed by atoms with van der Waals surface area (Å²) in [4.78, 5) is 2.31. The zero-order valence-electron chi connectivity index (χ0n) is 10.4. The summed E-state index contributed by atoms with van der Waals surface area (Å²) in [7, 11) is 0. The van der Waals surface area contributed by atoms with Crippen LogP contribution in [0.5, 0.6) is 0 Å². The first-order valence-electron chi connectivity index (χ1n) is 6.00. The fourth-order valence-corrected chi connectivity index (χ4v) is 2.23. The second kappa shape index (κ2) is 4.19. The Labute approximate surface area is 97.9 Å². The highest BCUT2D eigenvalue weighted by Crippen LogP contribution is 2.30. The topological polar surface area (TPSA) is 23.5 Å². The number of aliphatic hydroxyl groups is 1. The van der Waals surface area contributed by atoms with Gasteiger partial charge in [0, 0.05) is 19.6 Å². The number of likely N-dealkylation sites (tertiary alicyclic amines) is 1. The Kier molecular flexibility index (Phi) is 3.04. The SMILES string of the molecule is Cc1ccccc1CN1CC(O)(C(C)C)C1. The lowest BCUT2D eigenvalue weighted by molar-refractivity contribution is -0.130. The van der Waals surface area contributed by atoms with Gasteiger partial charge in [0.2, 0.25) is 0 Å². The standard InChI is InChI=1S/C14H21NO/c1-11(2)14(16)9-15(10-14)8-13-7-5-4-6-12(13)3/h4-7,11,16H,8-10H2,1-3H3. The molecule has 88 valence electrons. The van der Waals surface area contributed by atoms with Gasteiger partial charge in [-0.1, -0.05) is 38.1 Å². The maximum absolute atomic E-state index is 10.2. The number of β-amino-alcohol motifs (C(OH)–C–C–N with tert-alkyl or cyclic N) is 1. The zero-order valence-corrected chi connectivity index (χ0v) is 10.4. The summed E-state index contributed by atoms with van der Waals surface area (Å²) in [5.41, 5.74) is 2.25. The molecule has 0 atom stereocenters. The smallest absolute Gasteiger partial charge is 0.0923 e. The first-order chi connectivity index (χ1) is 7.51. The van der Waals surface area contributed by atoms with Gasteiger partial charge in [-0.05, 0) is 24.0 Å². The van der Waals surface area contributed by atoms with Gasteiger partial charge in [-0.15, -0.1) is 0 Å². The second-order valence-corrected chi connectivity index (χ2v) is 5.33. The predicted molar refractivity (Wildman–Crippen MR) is 66.2 cm³/mol. The Hall–Kier alpha value is -0.860. The van der Waals surface area contributed by atoms with Crippen molar-refractivity contribution in [3.63, 3.8) is 0 Å². The minimum absolute atomic E-state index is 0.348. The van der Waals surface area contributed by atoms with E-state index in [1.54, 1.807) is 0 Å². The molecule has 1 aliphatic heterocycles. The van der Waals surface area contributed by atoms with Crippen LogP contribution in [0.2, 0.25) is 0 Å². The van der Waals surface area contributed by atoms with Crippen LogP contribution in [0.3, 0.4) is 0 Å². The Morgan fingerprint density at radius 1 is 1.31 bits per heavy atom. The van der Waals surface area contributed by atoms with Crippen LogP contribution in [0.1, 0.15) is 25.0 Å². The molecule has 0 unspecified atom stereocenters. The average molecular weight is 219 g/mol. The van der Waals surface area contributed by atoms with Gasteiger partial charge in [0.05, 0.1) is 5.60 Å². The molecule has 1 aliphatic rings. The molecule has 0 aliphatic carbocycles. The van der Waals surface area contributed by atoms with E-state index >= 15 is 0 Å². The van der Waals surface area contributed by atoms with E-state index in [0.29, 0.717) is 5.92 Å². The van der Waals surface area contributed by atoms with Gasteiger partial charge in [-0.25, -0.2) is 0 Å². The number of hydrogen-bond acceptors (Lipinski definition) is 2. The number of aryl methyl sites for hydroxylation is 1. The number of nitrogens with zero attached hydrogens (tertiary/aromatic N) is 1. The third-order valence-corrected chi connectivity index (χ3v) is 3.72. The monoisotopic (exact) mass is 219 g/mol. The van der Waals surface area contributed by atoms with E-state index in [4.69, 9.17) is 0 Å². The number of rotatable bonds is 3. The van der Waals surface area contributed by atoms with E-state index in [9.17, 15) is 5.11 Å². The van der Waals surface area contributed by atoms with E-state index in [-0.39, 0.29) is 0 Å². The Balaban J connectivity index is 1.93. The molecule has 2 rings (SSSR count). The Morgan fingerprint density at radius 2 is 1.94 bits per heavy atom. The molecule has 1 heterocycles. The molecule has 0 aromatic heterocycles. The minimum atomic E-state index is -0.456. The van der Waals surface area contributed by atoms with Crippen molar-refractivity contribution in [3.05, 3.63) is 35.4 Å². The maximum Gasteiger partial charge on any atom is 0.0923 e. The van der Waals surface area contributed by atoms with Crippen LogP contribution in [-0.2, 0) is 6.54 Å². The van der Waals surface area contributed by atoms with Crippen LogP contribution >= 0.6 is 0 Å². The molecule has 0 saturated carbocycles. The molecule has 0 bridgehead atoms. The van der Waals surface area contributed by atoms with Gasteiger partial charge in [-0.2, -0.15) is 0 Å². The van der Waals surface area contributed by atoms with Crippen LogP contribution in [0.15, 0.2) is 24.3 Å². The molecule has 0 radical (unpaired) electrons. The third-order valence-electron chi connectivity index (χ3n) is 3.72. The summed E-state index contributed by atoms with van der Waals surface area (Å²) in [6.45, 7) is 8.89. The van der Waals surface area contributed by atoms with Crippen molar-refractivity contribution >= 4 is 0 Å². The largest absolute Gasteiger partial charge is 0.387 e. The second-order valence-electron chi connectivity index (χ2n) is 5.33. The van der Waals surface area contributed by atoms with E-state index in [1.165, 1.54) is 11.1 Å². The molecular weight excluding hydrogens is 198 g/mol. The molecule has 1 fully saturated rings. The van der Waals surface area contributed by atoms with Crippen LogP contribution in [-0.4, -0.2) is 28.7 Å². The summed E-state index contributed by atoms with van der Waals surface area (Å²) in [5.74, 6) is 0.348. The Bertz CT molecular complexity index is 367. The highest BCUT2D eigenvalue weighted by molar-refractivity contribution is 5.25. The molecular formula is C14H21NO. The van der Waals surface area contributed by atoms with Gasteiger partial charge >= 0.3 is 0 Å². The van der Waals surface area contributed by atoms with Crippen LogP contribution in [0, 0.1) is 12.8 Å². The molecule has 2 heteroatoms. The van der Waals surface area contributed by atoms with Crippen molar-refractivity contribution in [1.82, 2.24) is 4.90 Å². The molecule has 1 saturated heterocycles. The van der Waals surface area contributed by atoms with E-state index in [1.807, 2.05) is 0 Å². The lowest BCUT2D eigenvalue weighted by atomic mass is 9.82. The van der Waals surface area contributed by atoms with E-state index in [2.05, 4.69) is 49.9 Å². The molecule has 0 amide bonds. The van der Waals surface area contributed by atoms with Crippen molar-refractivity contribution in [2.45, 2.75) is 32.9 Å². The molecule has 16 heavy (non-hydrogen) atoms. The van der Waals surface area contributed by atoms with Gasteiger partial charge in [0.1, 0.15) is 0 Å². The number of benzene rings is 1. The molecule has 0 spiro atoms. The van der Waals surface area contributed by atoms with Crippen molar-refractivity contribution in [2.24, 2.45) is 5.92 Å². The number of hydrogen-bond donors (Lipinski definition) is 1. The van der Waals surface area contributed by atoms with Crippen molar-refractivity contribution in [2.75, 3.05) is 13.1 Å². The highest BCUT2D eigenvalue weighted by Gasteiger charge is 2.43. The lowest BCUT2D eigenvalue weighted by Crippen LogP contribution is -2.63. The molecule has 1 N–H and O–H groups in total. The van der Waals surface area contributed by atoms with Crippen molar-refractivity contribution in [3.8, 4) is 0 Å². The van der Waals surface area contributed by atoms with Crippen LogP contribution in [0.4, 0.5) is 0 Å². The summed E-state index contributed by atoms with van der Waals surface area (Å²) in [6, 6.07) is 8.46. The quantitative estimate of drug-likeness (QED) is 0.842. The third kappa shape index (κ3) is 2.13. The fraction of sp³-hybridized carbons (Fsp3) is 0.571. The van der Waals surface area contributed by atoms with Crippen molar-refractivity contribution in [1.29, 1.82) is 0 Å². The molecule has 1 aromatic rings. The van der Waals surface area contributed by atoms with Gasteiger partial charge < -0.3 is 5.11 Å². The van der Waals surface area contributed by atoms with Gasteiger partial charge in [0.25, 0.3) is 0 Å². The highest BCUT2D eigenvalue weighted by atomic mass is 16.3. The molecule has 2 nitrogen and oxygen atoms in total. The fourth-order valence-electron chi connectivity index (χ4n) is 2.23. The van der Waals surface area contributed by atoms with Crippen LogP contribution < -0.4 is 0 Å². The zero-order chi connectivity index (χ0) is 11.8. The summed E-state index contributed by atoms with van der Waals surface area (Å²) < 4.78 is 0. The van der Waals surface area contributed by atoms with Crippen LogP contribution in [0.25, 0.3) is 0 Å². The first kappa shape index (κ1) is 11.6. The van der Waals surface area contributed by atoms with Gasteiger partial charge in [0.15, 0.2) is 0 Å². The minimum Gasteiger partial charge on any atom is -0.387 e. The maximum atomic E-state index is 10.2. The first-order valence-corrected chi connectivity index (χ1v) is 6.00. The Morgan fingerprint density at radius 3 is 2.50 bits per heavy atom. The van der Waals surface area contributed by atoms with Gasteiger partial charge in [-0.3, -0.25) is 4.90 Å². The lowest BCUT2D eigenvalue weighted by Gasteiger charge is -2.49. The summed E-state index contributed by atoms with van der Waals surface area (Å²) >= 11 is 0. The summed E-state index contributed by atoms with van der Waals surface area (Å²) in [6.07, 6.45) is 0.